The number of likely N-dealkylation sites (N-methyl/N-ethyl adjacent to an activating group) is 1. The summed E-state index contributed by atoms with van der Waals surface area (Å²) in [4.78, 5) is 0. The summed E-state index contributed by atoms with van der Waals surface area (Å²) < 4.78 is 5.15. The third-order valence-electron chi connectivity index (χ3n) is 3.19. The molecule has 0 aliphatic carbocycles. The molecule has 0 radical (unpaired) electrons. The van der Waals surface area contributed by atoms with Gasteiger partial charge < -0.3 is 10.1 Å². The van der Waals surface area contributed by atoms with Crippen molar-refractivity contribution in [1.82, 2.24) is 5.32 Å². The molecule has 1 aromatic rings. The molecule has 0 amide bonds. The smallest absolute Gasteiger partial charge is 0.0465 e. The second-order valence-corrected chi connectivity index (χ2v) is 4.85. The lowest BCUT2D eigenvalue weighted by atomic mass is 9.85. The molecule has 2 unspecified atom stereocenters. The number of rotatable bonds is 7. The normalized spacial score (nSPS) is 14.6. The van der Waals surface area contributed by atoms with E-state index in [9.17, 15) is 0 Å². The van der Waals surface area contributed by atoms with Crippen molar-refractivity contribution in [2.45, 2.75) is 19.3 Å². The summed E-state index contributed by atoms with van der Waals surface area (Å²) >= 11 is 6.27. The van der Waals surface area contributed by atoms with E-state index in [2.05, 4.69) is 18.3 Å². The van der Waals surface area contributed by atoms with Crippen LogP contribution in [0, 0.1) is 5.92 Å². The molecule has 1 N–H and O–H groups in total. The Bertz CT molecular complexity index is 330. The molecule has 2 nitrogen and oxygen atoms in total. The minimum absolute atomic E-state index is 0.434. The summed E-state index contributed by atoms with van der Waals surface area (Å²) in [6.07, 6.45) is 1.05. The van der Waals surface area contributed by atoms with Gasteiger partial charge in [-0.1, -0.05) is 36.7 Å². The maximum absolute atomic E-state index is 6.27. The van der Waals surface area contributed by atoms with E-state index < -0.39 is 0 Å². The van der Waals surface area contributed by atoms with Crippen molar-refractivity contribution < 1.29 is 4.74 Å². The number of halogens is 1. The van der Waals surface area contributed by atoms with Gasteiger partial charge in [0.1, 0.15) is 0 Å². The first kappa shape index (κ1) is 14.5. The molecule has 0 bridgehead atoms. The van der Waals surface area contributed by atoms with Crippen molar-refractivity contribution >= 4 is 11.6 Å². The average molecular weight is 256 g/mol. The number of hydrogen-bond donors (Lipinski definition) is 1. The van der Waals surface area contributed by atoms with Crippen LogP contribution in [-0.2, 0) is 4.74 Å². The Balaban J connectivity index is 2.81. The Kier molecular flexibility index (Phi) is 6.56. The minimum atomic E-state index is 0.434. The predicted octanol–water partition coefficient (Wildman–Crippen LogP) is 3.32. The molecule has 3 heteroatoms. The lowest BCUT2D eigenvalue weighted by Gasteiger charge is -2.25. The molecule has 2 atom stereocenters. The summed E-state index contributed by atoms with van der Waals surface area (Å²) in [6.45, 7) is 3.99. The van der Waals surface area contributed by atoms with Crippen molar-refractivity contribution in [2.24, 2.45) is 5.92 Å². The van der Waals surface area contributed by atoms with E-state index in [1.807, 2.05) is 25.2 Å². The second-order valence-electron chi connectivity index (χ2n) is 4.44. The molecule has 96 valence electrons. The molecule has 1 aromatic carbocycles. The molecule has 1 rings (SSSR count). The zero-order valence-corrected chi connectivity index (χ0v) is 11.6. The fourth-order valence-corrected chi connectivity index (χ4v) is 2.39. The van der Waals surface area contributed by atoms with Gasteiger partial charge in [0.25, 0.3) is 0 Å². The summed E-state index contributed by atoms with van der Waals surface area (Å²) in [5.74, 6) is 0.978. The first-order valence-electron chi connectivity index (χ1n) is 6.08. The van der Waals surface area contributed by atoms with E-state index in [1.54, 1.807) is 7.11 Å². The highest BCUT2D eigenvalue weighted by Gasteiger charge is 2.20. The van der Waals surface area contributed by atoms with Crippen molar-refractivity contribution in [3.8, 4) is 0 Å². The van der Waals surface area contributed by atoms with Gasteiger partial charge in [0, 0.05) is 31.2 Å². The molecule has 0 spiro atoms. The van der Waals surface area contributed by atoms with E-state index in [0.717, 1.165) is 24.6 Å². The maximum atomic E-state index is 6.27. The SMILES string of the molecule is CNCC(c1ccccc1Cl)C(C)CCOC. The van der Waals surface area contributed by atoms with Crippen molar-refractivity contribution in [3.63, 3.8) is 0 Å². The van der Waals surface area contributed by atoms with Crippen LogP contribution in [-0.4, -0.2) is 27.3 Å². The molecule has 0 aliphatic rings. The van der Waals surface area contributed by atoms with Crippen molar-refractivity contribution in [3.05, 3.63) is 34.9 Å². The highest BCUT2D eigenvalue weighted by Crippen LogP contribution is 2.31. The Hall–Kier alpha value is -0.570. The van der Waals surface area contributed by atoms with Gasteiger partial charge >= 0.3 is 0 Å². The van der Waals surface area contributed by atoms with Crippen LogP contribution >= 0.6 is 11.6 Å². The van der Waals surface area contributed by atoms with E-state index in [0.29, 0.717) is 11.8 Å². The molecule has 0 aromatic heterocycles. The van der Waals surface area contributed by atoms with E-state index in [-0.39, 0.29) is 0 Å². The highest BCUT2D eigenvalue weighted by molar-refractivity contribution is 6.31. The third-order valence-corrected chi connectivity index (χ3v) is 3.54. The van der Waals surface area contributed by atoms with Gasteiger partial charge in [-0.25, -0.2) is 0 Å². The summed E-state index contributed by atoms with van der Waals surface area (Å²) in [5.41, 5.74) is 1.23. The Morgan fingerprint density at radius 1 is 1.35 bits per heavy atom. The minimum Gasteiger partial charge on any atom is -0.385 e. The van der Waals surface area contributed by atoms with Crippen molar-refractivity contribution in [2.75, 3.05) is 27.3 Å². The monoisotopic (exact) mass is 255 g/mol. The molecular weight excluding hydrogens is 234 g/mol. The number of ether oxygens (including phenoxy) is 1. The maximum Gasteiger partial charge on any atom is 0.0465 e. The fraction of sp³-hybridized carbons (Fsp3) is 0.571. The number of benzene rings is 1. The van der Waals surface area contributed by atoms with Crippen LogP contribution in [0.4, 0.5) is 0 Å². The molecule has 17 heavy (non-hydrogen) atoms. The largest absolute Gasteiger partial charge is 0.385 e. The van der Waals surface area contributed by atoms with Crippen LogP contribution in [0.2, 0.25) is 5.02 Å². The van der Waals surface area contributed by atoms with Gasteiger partial charge in [0.05, 0.1) is 0 Å². The third kappa shape index (κ3) is 4.30. The quantitative estimate of drug-likeness (QED) is 0.807. The Morgan fingerprint density at radius 2 is 2.06 bits per heavy atom. The molecule has 0 saturated carbocycles. The van der Waals surface area contributed by atoms with Gasteiger partial charge in [-0.15, -0.1) is 0 Å². The van der Waals surface area contributed by atoms with Crippen LogP contribution in [0.5, 0.6) is 0 Å². The lowest BCUT2D eigenvalue weighted by molar-refractivity contribution is 0.174. The summed E-state index contributed by atoms with van der Waals surface area (Å²) in [7, 11) is 3.72. The molecule has 0 fully saturated rings. The van der Waals surface area contributed by atoms with Crippen molar-refractivity contribution in [1.29, 1.82) is 0 Å². The van der Waals surface area contributed by atoms with Gasteiger partial charge in [-0.3, -0.25) is 0 Å². The number of methoxy groups -OCH3 is 1. The first-order chi connectivity index (χ1) is 8.20. The molecule has 0 heterocycles. The van der Waals surface area contributed by atoms with Crippen LogP contribution in [0.25, 0.3) is 0 Å². The highest BCUT2D eigenvalue weighted by atomic mass is 35.5. The van der Waals surface area contributed by atoms with Crippen LogP contribution in [0.1, 0.15) is 24.8 Å². The van der Waals surface area contributed by atoms with Crippen LogP contribution in [0.15, 0.2) is 24.3 Å². The van der Waals surface area contributed by atoms with Gasteiger partial charge in [-0.2, -0.15) is 0 Å². The fourth-order valence-electron chi connectivity index (χ4n) is 2.12. The zero-order chi connectivity index (χ0) is 12.7. The second kappa shape index (κ2) is 7.70. The Labute approximate surface area is 109 Å². The average Bonchev–Trinajstić information content (AvgIpc) is 2.34. The van der Waals surface area contributed by atoms with Crippen LogP contribution in [0.3, 0.4) is 0 Å². The topological polar surface area (TPSA) is 21.3 Å². The zero-order valence-electron chi connectivity index (χ0n) is 10.9. The van der Waals surface area contributed by atoms with E-state index in [1.165, 1.54) is 5.56 Å². The van der Waals surface area contributed by atoms with Gasteiger partial charge in [0.15, 0.2) is 0 Å². The standard InChI is InChI=1S/C14H22ClNO/c1-11(8-9-17-3)13(10-16-2)12-6-4-5-7-14(12)15/h4-7,11,13,16H,8-10H2,1-3H3. The van der Waals surface area contributed by atoms with E-state index >= 15 is 0 Å². The molecule has 0 aliphatic heterocycles. The van der Waals surface area contributed by atoms with E-state index in [4.69, 9.17) is 16.3 Å². The number of nitrogens with one attached hydrogen (secondary N) is 1. The van der Waals surface area contributed by atoms with Crippen LogP contribution < -0.4 is 5.32 Å². The van der Waals surface area contributed by atoms with Gasteiger partial charge in [0.2, 0.25) is 0 Å². The molecule has 0 saturated heterocycles. The summed E-state index contributed by atoms with van der Waals surface area (Å²) in [6, 6.07) is 8.10. The lowest BCUT2D eigenvalue weighted by Crippen LogP contribution is -2.24. The summed E-state index contributed by atoms with van der Waals surface area (Å²) in [5, 5.41) is 4.11. The van der Waals surface area contributed by atoms with Gasteiger partial charge in [-0.05, 0) is 31.0 Å². The molecular formula is C14H22ClNO. The predicted molar refractivity (Wildman–Crippen MR) is 73.8 cm³/mol. The number of hydrogen-bond acceptors (Lipinski definition) is 2. The Morgan fingerprint density at radius 3 is 2.65 bits per heavy atom. The first-order valence-corrected chi connectivity index (χ1v) is 6.46.